The molecule has 144 valence electrons. The predicted molar refractivity (Wildman–Crippen MR) is 101 cm³/mol. The number of piperidine rings is 1. The molecule has 1 heterocycles. The summed E-state index contributed by atoms with van der Waals surface area (Å²) >= 11 is 12.1. The summed E-state index contributed by atoms with van der Waals surface area (Å²) in [7, 11) is 0. The second-order valence-electron chi connectivity index (χ2n) is 5.70. The molecule has 1 aliphatic heterocycles. The zero-order valence-corrected chi connectivity index (χ0v) is 16.0. The number of halogens is 2. The first kappa shape index (κ1) is 22.4. The van der Waals surface area contributed by atoms with E-state index in [9.17, 15) is 9.59 Å². The maximum absolute atomic E-state index is 9.55. The molecule has 0 amide bonds. The van der Waals surface area contributed by atoms with Crippen LogP contribution < -0.4 is 5.32 Å². The van der Waals surface area contributed by atoms with Gasteiger partial charge in [-0.25, -0.2) is 9.59 Å². The van der Waals surface area contributed by atoms with Gasteiger partial charge in [0.05, 0.1) is 16.7 Å². The number of hydrogen-bond acceptors (Lipinski definition) is 4. The minimum absolute atomic E-state index is 0.507. The summed E-state index contributed by atoms with van der Waals surface area (Å²) in [6.07, 6.45) is 2.24. The number of hydrogen-bond donors (Lipinski definition) is 3. The fourth-order valence-electron chi connectivity index (χ4n) is 2.69. The van der Waals surface area contributed by atoms with Crippen molar-refractivity contribution in [2.45, 2.75) is 19.3 Å². The van der Waals surface area contributed by atoms with Crippen LogP contribution in [0.4, 0.5) is 0 Å². The summed E-state index contributed by atoms with van der Waals surface area (Å²) in [5, 5.41) is 20.3. The third-order valence-corrected chi connectivity index (χ3v) is 4.62. The molecular formula is C18H23Cl2NO5. The molecule has 0 spiro atoms. The minimum Gasteiger partial charge on any atom is -0.478 e. The fourth-order valence-corrected chi connectivity index (χ4v) is 3.00. The zero-order chi connectivity index (χ0) is 19.5. The molecule has 0 radical (unpaired) electrons. The third-order valence-electron chi connectivity index (χ3n) is 3.88. The van der Waals surface area contributed by atoms with Gasteiger partial charge < -0.3 is 20.3 Å². The van der Waals surface area contributed by atoms with E-state index >= 15 is 0 Å². The quantitative estimate of drug-likeness (QED) is 0.629. The largest absolute Gasteiger partial charge is 0.478 e. The molecule has 26 heavy (non-hydrogen) atoms. The molecule has 3 N–H and O–H groups in total. The second-order valence-corrected chi connectivity index (χ2v) is 6.52. The van der Waals surface area contributed by atoms with Crippen LogP contribution in [0.1, 0.15) is 24.8 Å². The van der Waals surface area contributed by atoms with Crippen molar-refractivity contribution < 1.29 is 24.5 Å². The summed E-state index contributed by atoms with van der Waals surface area (Å²) in [5.74, 6) is -1.50. The Bertz CT molecular complexity index is 620. The molecule has 0 unspecified atom stereocenters. The van der Waals surface area contributed by atoms with Gasteiger partial charge in [-0.3, -0.25) is 0 Å². The highest BCUT2D eigenvalue weighted by Crippen LogP contribution is 2.34. The van der Waals surface area contributed by atoms with Gasteiger partial charge in [-0.15, -0.1) is 0 Å². The zero-order valence-electron chi connectivity index (χ0n) is 14.5. The summed E-state index contributed by atoms with van der Waals surface area (Å²) < 4.78 is 5.58. The first-order chi connectivity index (χ1) is 12.3. The van der Waals surface area contributed by atoms with Crippen molar-refractivity contribution in [1.82, 2.24) is 5.32 Å². The van der Waals surface area contributed by atoms with Crippen molar-refractivity contribution in [3.8, 4) is 0 Å². The average Bonchev–Trinajstić information content (AvgIpc) is 2.61. The molecule has 1 saturated heterocycles. The minimum atomic E-state index is -1.26. The first-order valence-electron chi connectivity index (χ1n) is 8.22. The molecule has 6 nitrogen and oxygen atoms in total. The van der Waals surface area contributed by atoms with E-state index in [1.54, 1.807) is 0 Å². The Balaban J connectivity index is 0.000000359. The van der Waals surface area contributed by atoms with Crippen LogP contribution in [-0.4, -0.2) is 48.5 Å². The van der Waals surface area contributed by atoms with Gasteiger partial charge >= 0.3 is 11.9 Å². The van der Waals surface area contributed by atoms with Crippen LogP contribution in [0, 0.1) is 5.92 Å². The van der Waals surface area contributed by atoms with E-state index in [0.29, 0.717) is 34.0 Å². The SMILES string of the molecule is CCOC[C@H]1CNCC[C@H]1c1ccc(Cl)c(Cl)c1.O=C(O)/C=C/C(=O)O. The second kappa shape index (κ2) is 11.9. The lowest BCUT2D eigenvalue weighted by Crippen LogP contribution is -2.37. The Morgan fingerprint density at radius 1 is 1.23 bits per heavy atom. The number of carbonyl (C=O) groups is 2. The van der Waals surface area contributed by atoms with E-state index < -0.39 is 11.9 Å². The highest BCUT2D eigenvalue weighted by molar-refractivity contribution is 6.42. The molecule has 0 saturated carbocycles. The summed E-state index contributed by atoms with van der Waals surface area (Å²) in [4.78, 5) is 19.1. The molecule has 0 bridgehead atoms. The lowest BCUT2D eigenvalue weighted by atomic mass is 9.81. The normalized spacial score (nSPS) is 19.7. The summed E-state index contributed by atoms with van der Waals surface area (Å²) in [6.45, 7) is 5.65. The van der Waals surface area contributed by atoms with E-state index in [4.69, 9.17) is 38.2 Å². The van der Waals surface area contributed by atoms with Crippen LogP contribution >= 0.6 is 23.2 Å². The maximum atomic E-state index is 9.55. The number of nitrogens with one attached hydrogen (secondary N) is 1. The van der Waals surface area contributed by atoms with Gasteiger partial charge in [0.1, 0.15) is 0 Å². The van der Waals surface area contributed by atoms with Crippen LogP contribution in [0.2, 0.25) is 10.0 Å². The number of aliphatic carboxylic acids is 2. The van der Waals surface area contributed by atoms with E-state index in [1.165, 1.54) is 5.56 Å². The number of benzene rings is 1. The van der Waals surface area contributed by atoms with Gasteiger partial charge in [0.15, 0.2) is 0 Å². The van der Waals surface area contributed by atoms with Crippen LogP contribution in [-0.2, 0) is 14.3 Å². The highest BCUT2D eigenvalue weighted by atomic mass is 35.5. The molecule has 1 aromatic carbocycles. The summed E-state index contributed by atoms with van der Waals surface area (Å²) in [5.41, 5.74) is 1.27. The Morgan fingerprint density at radius 2 is 1.88 bits per heavy atom. The predicted octanol–water partition coefficient (Wildman–Crippen LogP) is 3.43. The Labute approximate surface area is 162 Å². The standard InChI is InChI=1S/C14H19Cl2NO.C4H4O4/c1-2-18-9-11-8-17-6-5-12(11)10-3-4-13(15)14(16)7-10;5-3(6)1-2-4(7)8/h3-4,7,11-12,17H,2,5-6,8-9H2,1H3;1-2H,(H,5,6)(H,7,8)/b;2-1+/t11-,12+;/m1./s1. The highest BCUT2D eigenvalue weighted by Gasteiger charge is 2.26. The fraction of sp³-hybridized carbons (Fsp3) is 0.444. The number of carboxylic acids is 2. The van der Waals surface area contributed by atoms with E-state index in [0.717, 1.165) is 32.7 Å². The molecule has 2 atom stereocenters. The van der Waals surface area contributed by atoms with Crippen molar-refractivity contribution in [2.24, 2.45) is 5.92 Å². The van der Waals surface area contributed by atoms with Gasteiger partial charge in [-0.05, 0) is 43.5 Å². The van der Waals surface area contributed by atoms with Crippen molar-refractivity contribution in [3.63, 3.8) is 0 Å². The summed E-state index contributed by atoms with van der Waals surface area (Å²) in [6, 6.07) is 5.97. The lowest BCUT2D eigenvalue weighted by molar-refractivity contribution is -0.134. The molecule has 1 fully saturated rings. The molecule has 8 heteroatoms. The molecular weight excluding hydrogens is 381 g/mol. The topological polar surface area (TPSA) is 95.9 Å². The molecule has 2 rings (SSSR count). The van der Waals surface area contributed by atoms with Gasteiger partial charge in [-0.2, -0.15) is 0 Å². The number of ether oxygens (including phenoxy) is 1. The molecule has 0 aromatic heterocycles. The lowest BCUT2D eigenvalue weighted by Gasteiger charge is -2.32. The number of rotatable bonds is 6. The monoisotopic (exact) mass is 403 g/mol. The Kier molecular flexibility index (Phi) is 10.3. The smallest absolute Gasteiger partial charge is 0.328 e. The third kappa shape index (κ3) is 8.19. The van der Waals surface area contributed by atoms with Gasteiger partial charge in [0.2, 0.25) is 0 Å². The van der Waals surface area contributed by atoms with Crippen LogP contribution in [0.15, 0.2) is 30.4 Å². The average molecular weight is 404 g/mol. The van der Waals surface area contributed by atoms with Gasteiger partial charge in [0.25, 0.3) is 0 Å². The van der Waals surface area contributed by atoms with Crippen molar-refractivity contribution in [1.29, 1.82) is 0 Å². The van der Waals surface area contributed by atoms with Gasteiger partial charge in [-0.1, -0.05) is 29.3 Å². The van der Waals surface area contributed by atoms with E-state index in [2.05, 4.69) is 11.4 Å². The number of carboxylic acid groups (broad SMARTS) is 2. The van der Waals surface area contributed by atoms with Gasteiger partial charge in [0, 0.05) is 31.2 Å². The van der Waals surface area contributed by atoms with Crippen LogP contribution in [0.5, 0.6) is 0 Å². The van der Waals surface area contributed by atoms with Crippen molar-refractivity contribution >= 4 is 35.1 Å². The first-order valence-corrected chi connectivity index (χ1v) is 8.98. The Hall–Kier alpha value is -1.60. The van der Waals surface area contributed by atoms with Crippen molar-refractivity contribution in [3.05, 3.63) is 46.0 Å². The van der Waals surface area contributed by atoms with E-state index in [1.807, 2.05) is 19.1 Å². The van der Waals surface area contributed by atoms with Crippen LogP contribution in [0.3, 0.4) is 0 Å². The van der Waals surface area contributed by atoms with E-state index in [-0.39, 0.29) is 0 Å². The van der Waals surface area contributed by atoms with Crippen molar-refractivity contribution in [2.75, 3.05) is 26.3 Å². The maximum Gasteiger partial charge on any atom is 0.328 e. The molecule has 1 aromatic rings. The molecule has 1 aliphatic rings. The van der Waals surface area contributed by atoms with Crippen LogP contribution in [0.25, 0.3) is 0 Å². The molecule has 0 aliphatic carbocycles. The Morgan fingerprint density at radius 3 is 2.42 bits per heavy atom.